The number of nitrogens with one attached hydrogen (secondary N) is 1. The number of ketones is 1. The molecule has 0 saturated heterocycles. The highest BCUT2D eigenvalue weighted by Gasteiger charge is 2.30. The standard InChI is InChI=1S/C20H18FN3O3S/c21-17-12-14(23-28(22,26)27)6-7-15(17)16-10-11-24-18(16)8-9-19(24)20(25)13-4-2-1-3-5-13/h1-9,12,16,23H,10-11H2,(H2,22,26,27). The van der Waals surface area contributed by atoms with E-state index in [0.29, 0.717) is 29.8 Å². The molecular formula is C20H18FN3O3S. The molecule has 8 heteroatoms. The van der Waals surface area contributed by atoms with Gasteiger partial charge in [-0.15, -0.1) is 0 Å². The lowest BCUT2D eigenvalue weighted by Gasteiger charge is -2.13. The van der Waals surface area contributed by atoms with E-state index in [-0.39, 0.29) is 17.4 Å². The van der Waals surface area contributed by atoms with Gasteiger partial charge in [0.15, 0.2) is 0 Å². The molecule has 2 aromatic carbocycles. The summed E-state index contributed by atoms with van der Waals surface area (Å²) >= 11 is 0. The summed E-state index contributed by atoms with van der Waals surface area (Å²) in [6.07, 6.45) is 0.657. The molecule has 6 nitrogen and oxygen atoms in total. The highest BCUT2D eigenvalue weighted by Crippen LogP contribution is 2.38. The molecule has 144 valence electrons. The van der Waals surface area contributed by atoms with Gasteiger partial charge in [0.25, 0.3) is 10.2 Å². The Hall–Kier alpha value is -2.97. The van der Waals surface area contributed by atoms with E-state index < -0.39 is 16.0 Å². The van der Waals surface area contributed by atoms with Crippen molar-refractivity contribution in [3.63, 3.8) is 0 Å². The Balaban J connectivity index is 1.64. The second kappa shape index (κ2) is 6.88. The first-order valence-electron chi connectivity index (χ1n) is 8.72. The Morgan fingerprint density at radius 3 is 2.54 bits per heavy atom. The molecule has 1 aliphatic rings. The number of nitrogens with zero attached hydrogens (tertiary/aromatic N) is 1. The van der Waals surface area contributed by atoms with Crippen LogP contribution in [-0.2, 0) is 16.8 Å². The number of anilines is 1. The van der Waals surface area contributed by atoms with Crippen molar-refractivity contribution in [3.8, 4) is 0 Å². The van der Waals surface area contributed by atoms with Gasteiger partial charge in [0.05, 0.1) is 11.4 Å². The molecule has 1 aromatic heterocycles. The molecule has 28 heavy (non-hydrogen) atoms. The van der Waals surface area contributed by atoms with Crippen molar-refractivity contribution in [2.75, 3.05) is 4.72 Å². The maximum atomic E-state index is 14.6. The zero-order chi connectivity index (χ0) is 19.9. The van der Waals surface area contributed by atoms with Crippen LogP contribution in [-0.4, -0.2) is 18.8 Å². The molecular weight excluding hydrogens is 381 g/mol. The zero-order valence-electron chi connectivity index (χ0n) is 14.8. The average Bonchev–Trinajstić information content (AvgIpc) is 3.23. The van der Waals surface area contributed by atoms with Crippen LogP contribution in [0.5, 0.6) is 0 Å². The van der Waals surface area contributed by atoms with Crippen LogP contribution in [0.4, 0.5) is 10.1 Å². The first-order chi connectivity index (χ1) is 13.3. The molecule has 2 heterocycles. The van der Waals surface area contributed by atoms with Crippen LogP contribution in [0.3, 0.4) is 0 Å². The lowest BCUT2D eigenvalue weighted by Crippen LogP contribution is -2.21. The summed E-state index contributed by atoms with van der Waals surface area (Å²) in [6, 6.07) is 16.8. The third-order valence-electron chi connectivity index (χ3n) is 4.92. The SMILES string of the molecule is NS(=O)(=O)Nc1ccc(C2CCn3c(C(=O)c4ccccc4)ccc32)c(F)c1. The van der Waals surface area contributed by atoms with Crippen molar-refractivity contribution in [1.29, 1.82) is 0 Å². The number of carbonyl (C=O) groups is 1. The van der Waals surface area contributed by atoms with E-state index in [1.165, 1.54) is 6.07 Å². The van der Waals surface area contributed by atoms with Gasteiger partial charge >= 0.3 is 0 Å². The van der Waals surface area contributed by atoms with E-state index in [4.69, 9.17) is 5.14 Å². The molecule has 3 N–H and O–H groups in total. The van der Waals surface area contributed by atoms with Gasteiger partial charge in [-0.05, 0) is 36.2 Å². The molecule has 0 spiro atoms. The minimum atomic E-state index is -3.97. The Labute approximate surface area is 162 Å². The average molecular weight is 399 g/mol. The fourth-order valence-electron chi connectivity index (χ4n) is 3.73. The second-order valence-corrected chi connectivity index (χ2v) is 8.01. The maximum Gasteiger partial charge on any atom is 0.296 e. The molecule has 0 bridgehead atoms. The van der Waals surface area contributed by atoms with Crippen molar-refractivity contribution in [2.24, 2.45) is 5.14 Å². The van der Waals surface area contributed by atoms with Gasteiger partial charge in [0, 0.05) is 23.7 Å². The molecule has 4 rings (SSSR count). The maximum absolute atomic E-state index is 14.6. The normalized spacial score (nSPS) is 16.0. The Kier molecular flexibility index (Phi) is 4.52. The molecule has 0 aliphatic carbocycles. The summed E-state index contributed by atoms with van der Waals surface area (Å²) in [5.41, 5.74) is 2.58. The van der Waals surface area contributed by atoms with Crippen molar-refractivity contribution in [3.05, 3.63) is 89.0 Å². The third kappa shape index (κ3) is 3.44. The number of benzene rings is 2. The van der Waals surface area contributed by atoms with Crippen LogP contribution >= 0.6 is 0 Å². The summed E-state index contributed by atoms with van der Waals surface area (Å²) in [6.45, 7) is 0.609. The van der Waals surface area contributed by atoms with Gasteiger partial charge in [0.1, 0.15) is 5.82 Å². The predicted octanol–water partition coefficient (Wildman–Crippen LogP) is 3.01. The van der Waals surface area contributed by atoms with E-state index in [2.05, 4.69) is 4.72 Å². The molecule has 0 fully saturated rings. The molecule has 1 aliphatic heterocycles. The van der Waals surface area contributed by atoms with Crippen LogP contribution < -0.4 is 9.86 Å². The summed E-state index contributed by atoms with van der Waals surface area (Å²) in [7, 11) is -3.97. The quantitative estimate of drug-likeness (QED) is 0.646. The molecule has 0 amide bonds. The highest BCUT2D eigenvalue weighted by atomic mass is 32.2. The molecule has 1 unspecified atom stereocenters. The topological polar surface area (TPSA) is 94.2 Å². The summed E-state index contributed by atoms with van der Waals surface area (Å²) < 4.78 is 40.9. The minimum Gasteiger partial charge on any atom is -0.341 e. The van der Waals surface area contributed by atoms with Gasteiger partial charge in [-0.2, -0.15) is 8.42 Å². The molecule has 3 aromatic rings. The Morgan fingerprint density at radius 2 is 1.86 bits per heavy atom. The number of rotatable bonds is 5. The zero-order valence-corrected chi connectivity index (χ0v) is 15.6. The third-order valence-corrected chi connectivity index (χ3v) is 5.44. The molecule has 0 saturated carbocycles. The largest absolute Gasteiger partial charge is 0.341 e. The number of aromatic nitrogens is 1. The lowest BCUT2D eigenvalue weighted by molar-refractivity contribution is 0.103. The monoisotopic (exact) mass is 399 g/mol. The van der Waals surface area contributed by atoms with Crippen molar-refractivity contribution in [1.82, 2.24) is 4.57 Å². The number of hydrogen-bond acceptors (Lipinski definition) is 3. The predicted molar refractivity (Wildman–Crippen MR) is 104 cm³/mol. The molecule has 1 atom stereocenters. The Bertz CT molecular complexity index is 1160. The van der Waals surface area contributed by atoms with Crippen LogP contribution in [0.25, 0.3) is 0 Å². The first-order valence-corrected chi connectivity index (χ1v) is 10.3. The van der Waals surface area contributed by atoms with Crippen molar-refractivity contribution < 1.29 is 17.6 Å². The van der Waals surface area contributed by atoms with E-state index >= 15 is 0 Å². The van der Waals surface area contributed by atoms with E-state index in [1.807, 2.05) is 28.8 Å². The van der Waals surface area contributed by atoms with Crippen molar-refractivity contribution >= 4 is 21.7 Å². The Morgan fingerprint density at radius 1 is 1.11 bits per heavy atom. The van der Waals surface area contributed by atoms with E-state index in [0.717, 1.165) is 11.8 Å². The summed E-state index contributed by atoms with van der Waals surface area (Å²) in [4.78, 5) is 12.8. The van der Waals surface area contributed by atoms with Crippen LogP contribution in [0.1, 0.15) is 39.6 Å². The van der Waals surface area contributed by atoms with Gasteiger partial charge < -0.3 is 4.57 Å². The van der Waals surface area contributed by atoms with Gasteiger partial charge in [-0.3, -0.25) is 9.52 Å². The van der Waals surface area contributed by atoms with Crippen LogP contribution in [0, 0.1) is 5.82 Å². The first kappa shape index (κ1) is 18.4. The summed E-state index contributed by atoms with van der Waals surface area (Å²) in [5.74, 6) is -0.800. The van der Waals surface area contributed by atoms with Gasteiger partial charge in [0.2, 0.25) is 5.78 Å². The minimum absolute atomic E-state index is 0.0667. The number of carbonyl (C=O) groups excluding carboxylic acids is 1. The number of fused-ring (bicyclic) bond motifs is 1. The number of hydrogen-bond donors (Lipinski definition) is 2. The molecule has 0 radical (unpaired) electrons. The van der Waals surface area contributed by atoms with E-state index in [9.17, 15) is 17.6 Å². The van der Waals surface area contributed by atoms with Crippen LogP contribution in [0.15, 0.2) is 60.7 Å². The fourth-order valence-corrected chi connectivity index (χ4v) is 4.19. The summed E-state index contributed by atoms with van der Waals surface area (Å²) in [5, 5.41) is 4.92. The van der Waals surface area contributed by atoms with Crippen molar-refractivity contribution in [2.45, 2.75) is 18.9 Å². The fraction of sp³-hybridized carbons (Fsp3) is 0.150. The highest BCUT2D eigenvalue weighted by molar-refractivity contribution is 7.90. The number of nitrogens with two attached hydrogens (primary N) is 1. The second-order valence-electron chi connectivity index (χ2n) is 6.71. The van der Waals surface area contributed by atoms with Gasteiger partial charge in [-0.25, -0.2) is 9.53 Å². The van der Waals surface area contributed by atoms with Gasteiger partial charge in [-0.1, -0.05) is 36.4 Å². The number of halogens is 1. The smallest absolute Gasteiger partial charge is 0.296 e. The lowest BCUT2D eigenvalue weighted by atomic mass is 9.94. The van der Waals surface area contributed by atoms with E-state index in [1.54, 1.807) is 24.3 Å². The van der Waals surface area contributed by atoms with Crippen LogP contribution in [0.2, 0.25) is 0 Å².